The van der Waals surface area contributed by atoms with Crippen LogP contribution in [-0.2, 0) is 0 Å². The maximum atomic E-state index is 10.7. The fourth-order valence-corrected chi connectivity index (χ4v) is 1.41. The fourth-order valence-electron chi connectivity index (χ4n) is 1.24. The molecule has 0 bridgehead atoms. The zero-order valence-corrected chi connectivity index (χ0v) is 8.70. The van der Waals surface area contributed by atoms with Gasteiger partial charge in [-0.1, -0.05) is 6.92 Å². The van der Waals surface area contributed by atoms with Crippen molar-refractivity contribution in [2.24, 2.45) is 0 Å². The van der Waals surface area contributed by atoms with Crippen LogP contribution in [0.15, 0.2) is 0 Å². The normalized spacial score (nSPS) is 18.7. The van der Waals surface area contributed by atoms with E-state index in [0.717, 1.165) is 32.7 Å². The van der Waals surface area contributed by atoms with Crippen molar-refractivity contribution in [1.82, 2.24) is 9.80 Å². The van der Waals surface area contributed by atoms with Crippen LogP contribution >= 0.6 is 24.0 Å². The Labute approximate surface area is 84.1 Å². The predicted octanol–water partition coefficient (Wildman–Crippen LogP) is 1.40. The summed E-state index contributed by atoms with van der Waals surface area (Å²) >= 11 is 5.32. The number of amides is 1. The summed E-state index contributed by atoms with van der Waals surface area (Å²) in [4.78, 5) is 14.6. The van der Waals surface area contributed by atoms with Crippen LogP contribution in [0.3, 0.4) is 0 Å². The number of nitrogens with zero attached hydrogens (tertiary/aromatic N) is 2. The first-order valence-corrected chi connectivity index (χ1v) is 4.28. The smallest absolute Gasteiger partial charge is 0.316 e. The molecule has 0 radical (unpaired) electrons. The van der Waals surface area contributed by atoms with Gasteiger partial charge in [0.1, 0.15) is 0 Å². The summed E-state index contributed by atoms with van der Waals surface area (Å²) in [6.45, 7) is 6.64. The van der Waals surface area contributed by atoms with Crippen LogP contribution in [0.2, 0.25) is 0 Å². The molecule has 1 amide bonds. The Hall–Kier alpha value is 0.01000. The zero-order chi connectivity index (χ0) is 8.27. The van der Waals surface area contributed by atoms with E-state index in [4.69, 9.17) is 11.6 Å². The van der Waals surface area contributed by atoms with Crippen LogP contribution in [0, 0.1) is 0 Å². The van der Waals surface area contributed by atoms with Crippen molar-refractivity contribution >= 4 is 29.4 Å². The lowest BCUT2D eigenvalue weighted by molar-refractivity contribution is 0.157. The second-order valence-electron chi connectivity index (χ2n) is 2.67. The van der Waals surface area contributed by atoms with Crippen molar-refractivity contribution in [2.45, 2.75) is 6.92 Å². The summed E-state index contributed by atoms with van der Waals surface area (Å²) in [6.07, 6.45) is 0. The molecular weight excluding hydrogens is 199 g/mol. The van der Waals surface area contributed by atoms with E-state index >= 15 is 0 Å². The first kappa shape index (κ1) is 12.0. The monoisotopic (exact) mass is 212 g/mol. The minimum Gasteiger partial charge on any atom is -0.327 e. The molecule has 0 atom stereocenters. The topological polar surface area (TPSA) is 23.6 Å². The van der Waals surface area contributed by atoms with E-state index in [1.807, 2.05) is 0 Å². The fraction of sp³-hybridized carbons (Fsp3) is 0.857. The number of hydrogen-bond donors (Lipinski definition) is 0. The Morgan fingerprint density at radius 1 is 1.33 bits per heavy atom. The zero-order valence-electron chi connectivity index (χ0n) is 7.12. The number of carbonyl (C=O) groups excluding carboxylic acids is 1. The maximum absolute atomic E-state index is 10.7. The molecule has 0 spiro atoms. The van der Waals surface area contributed by atoms with Gasteiger partial charge in [-0.3, -0.25) is 4.79 Å². The molecule has 0 aromatic carbocycles. The average Bonchev–Trinajstić information content (AvgIpc) is 2.05. The Morgan fingerprint density at radius 3 is 2.17 bits per heavy atom. The molecule has 0 N–H and O–H groups in total. The highest BCUT2D eigenvalue weighted by Gasteiger charge is 2.17. The summed E-state index contributed by atoms with van der Waals surface area (Å²) in [6, 6.07) is 0. The highest BCUT2D eigenvalue weighted by Crippen LogP contribution is 2.03. The summed E-state index contributed by atoms with van der Waals surface area (Å²) in [5, 5.41) is -0.319. The highest BCUT2D eigenvalue weighted by molar-refractivity contribution is 6.62. The molecule has 0 saturated carbocycles. The molecule has 1 aliphatic heterocycles. The third-order valence-electron chi connectivity index (χ3n) is 2.07. The van der Waals surface area contributed by atoms with Gasteiger partial charge in [-0.2, -0.15) is 0 Å². The SMILES string of the molecule is CCN1CCN(C(=O)Cl)CC1.Cl. The van der Waals surface area contributed by atoms with Gasteiger partial charge in [0.25, 0.3) is 0 Å². The van der Waals surface area contributed by atoms with Crippen LogP contribution in [0.4, 0.5) is 4.79 Å². The van der Waals surface area contributed by atoms with E-state index in [1.165, 1.54) is 0 Å². The Bertz CT molecular complexity index is 146. The van der Waals surface area contributed by atoms with Gasteiger partial charge < -0.3 is 9.80 Å². The predicted molar refractivity (Wildman–Crippen MR) is 52.2 cm³/mol. The number of piperazine rings is 1. The molecule has 0 aromatic heterocycles. The number of carbonyl (C=O) groups is 1. The summed E-state index contributed by atoms with van der Waals surface area (Å²) < 4.78 is 0. The second-order valence-corrected chi connectivity index (χ2v) is 3.00. The lowest BCUT2D eigenvalue weighted by Gasteiger charge is -2.32. The van der Waals surface area contributed by atoms with Gasteiger partial charge in [-0.15, -0.1) is 12.4 Å². The van der Waals surface area contributed by atoms with E-state index < -0.39 is 0 Å². The van der Waals surface area contributed by atoms with E-state index in [-0.39, 0.29) is 17.8 Å². The molecule has 1 heterocycles. The molecule has 72 valence electrons. The van der Waals surface area contributed by atoms with Crippen molar-refractivity contribution in [1.29, 1.82) is 0 Å². The van der Waals surface area contributed by atoms with Gasteiger partial charge in [0.15, 0.2) is 0 Å². The Balaban J connectivity index is 0.00000121. The average molecular weight is 213 g/mol. The largest absolute Gasteiger partial charge is 0.327 e. The van der Waals surface area contributed by atoms with Gasteiger partial charge >= 0.3 is 5.37 Å². The summed E-state index contributed by atoms with van der Waals surface area (Å²) in [7, 11) is 0. The van der Waals surface area contributed by atoms with Crippen molar-refractivity contribution in [3.05, 3.63) is 0 Å². The van der Waals surface area contributed by atoms with Gasteiger partial charge in [0.2, 0.25) is 0 Å². The van der Waals surface area contributed by atoms with Crippen LogP contribution in [0.5, 0.6) is 0 Å². The lowest BCUT2D eigenvalue weighted by atomic mass is 10.3. The molecule has 3 nitrogen and oxygen atoms in total. The number of rotatable bonds is 1. The summed E-state index contributed by atoms with van der Waals surface area (Å²) in [5.74, 6) is 0. The molecule has 1 aliphatic rings. The number of halogens is 2. The Kier molecular flexibility index (Phi) is 5.63. The van der Waals surface area contributed by atoms with Gasteiger partial charge in [-0.25, -0.2) is 0 Å². The van der Waals surface area contributed by atoms with Crippen molar-refractivity contribution in [3.8, 4) is 0 Å². The lowest BCUT2D eigenvalue weighted by Crippen LogP contribution is -2.46. The summed E-state index contributed by atoms with van der Waals surface area (Å²) in [5.41, 5.74) is 0. The van der Waals surface area contributed by atoms with Gasteiger partial charge in [0.05, 0.1) is 0 Å². The molecule has 1 saturated heterocycles. The van der Waals surface area contributed by atoms with Crippen LogP contribution in [0.1, 0.15) is 6.92 Å². The molecule has 12 heavy (non-hydrogen) atoms. The molecule has 0 aliphatic carbocycles. The molecule has 1 rings (SSSR count). The van der Waals surface area contributed by atoms with Crippen molar-refractivity contribution in [2.75, 3.05) is 32.7 Å². The first-order valence-electron chi connectivity index (χ1n) is 3.90. The van der Waals surface area contributed by atoms with Gasteiger partial charge in [-0.05, 0) is 18.1 Å². The molecular formula is C7H14Cl2N2O. The van der Waals surface area contributed by atoms with Crippen LogP contribution in [0.25, 0.3) is 0 Å². The second kappa shape index (κ2) is 5.62. The standard InChI is InChI=1S/C7H13ClN2O.ClH/c1-2-9-3-5-10(6-4-9)7(8)11;/h2-6H2,1H3;1H. The highest BCUT2D eigenvalue weighted by atomic mass is 35.5. The van der Waals surface area contributed by atoms with Crippen LogP contribution in [-0.4, -0.2) is 47.9 Å². The minimum absolute atomic E-state index is 0. The number of hydrogen-bond acceptors (Lipinski definition) is 2. The molecule has 1 fully saturated rings. The third-order valence-corrected chi connectivity index (χ3v) is 2.31. The molecule has 5 heteroatoms. The Morgan fingerprint density at radius 2 is 1.83 bits per heavy atom. The number of likely N-dealkylation sites (N-methyl/N-ethyl adjacent to an activating group) is 1. The van der Waals surface area contributed by atoms with E-state index in [9.17, 15) is 4.79 Å². The maximum Gasteiger partial charge on any atom is 0.316 e. The van der Waals surface area contributed by atoms with Gasteiger partial charge in [0, 0.05) is 26.2 Å². The first-order chi connectivity index (χ1) is 5.24. The quantitative estimate of drug-likeness (QED) is 0.485. The van der Waals surface area contributed by atoms with Crippen molar-refractivity contribution in [3.63, 3.8) is 0 Å². The molecule has 0 aromatic rings. The molecule has 0 unspecified atom stereocenters. The van der Waals surface area contributed by atoms with E-state index in [1.54, 1.807) is 4.90 Å². The third kappa shape index (κ3) is 3.17. The van der Waals surface area contributed by atoms with Crippen molar-refractivity contribution < 1.29 is 4.79 Å². The van der Waals surface area contributed by atoms with Crippen LogP contribution < -0.4 is 0 Å². The minimum atomic E-state index is -0.319. The van der Waals surface area contributed by atoms with E-state index in [2.05, 4.69) is 11.8 Å². The van der Waals surface area contributed by atoms with E-state index in [0.29, 0.717) is 0 Å².